The van der Waals surface area contributed by atoms with Gasteiger partial charge in [0.25, 0.3) is 0 Å². The lowest BCUT2D eigenvalue weighted by Crippen LogP contribution is -2.37. The van der Waals surface area contributed by atoms with E-state index in [-0.39, 0.29) is 5.13 Å². The van der Waals surface area contributed by atoms with E-state index in [1.54, 1.807) is 0 Å². The number of alkyl halides is 3. The number of halogens is 3. The Kier molecular flexibility index (Phi) is 4.94. The summed E-state index contributed by atoms with van der Waals surface area (Å²) in [7, 11) is 0. The topological polar surface area (TPSA) is 50.3 Å². The van der Waals surface area contributed by atoms with Gasteiger partial charge in [0, 0.05) is 31.2 Å². The highest BCUT2D eigenvalue weighted by Crippen LogP contribution is 2.28. The molecule has 0 amide bonds. The minimum atomic E-state index is -4.47. The molecule has 0 radical (unpaired) electrons. The van der Waals surface area contributed by atoms with Gasteiger partial charge in [-0.05, 0) is 13.0 Å². The lowest BCUT2D eigenvalue weighted by Gasteiger charge is -2.26. The van der Waals surface area contributed by atoms with E-state index in [0.29, 0.717) is 6.54 Å². The second kappa shape index (κ2) is 6.49. The van der Waals surface area contributed by atoms with Crippen LogP contribution in [-0.2, 0) is 10.9 Å². The average molecular weight is 296 g/mol. The molecular weight excluding hydrogens is 281 g/mol. The zero-order chi connectivity index (χ0) is 13.7. The Hall–Kier alpha value is -0.930. The molecule has 1 aromatic rings. The van der Waals surface area contributed by atoms with E-state index in [1.165, 1.54) is 0 Å². The summed E-state index contributed by atoms with van der Waals surface area (Å²) in [6, 6.07) is 0. The molecule has 1 aliphatic rings. The van der Waals surface area contributed by atoms with E-state index in [1.807, 2.05) is 0 Å². The highest BCUT2D eigenvalue weighted by Gasteiger charge is 2.36. The van der Waals surface area contributed by atoms with Crippen molar-refractivity contribution in [3.05, 3.63) is 5.82 Å². The Labute approximate surface area is 112 Å². The van der Waals surface area contributed by atoms with Crippen LogP contribution in [0.15, 0.2) is 0 Å². The Balaban J connectivity index is 1.66. The van der Waals surface area contributed by atoms with Crippen LogP contribution in [0.2, 0.25) is 0 Å². The molecule has 19 heavy (non-hydrogen) atoms. The van der Waals surface area contributed by atoms with Crippen LogP contribution in [0.1, 0.15) is 12.2 Å². The van der Waals surface area contributed by atoms with E-state index in [9.17, 15) is 13.2 Å². The van der Waals surface area contributed by atoms with Gasteiger partial charge in [0.05, 0.1) is 13.2 Å². The van der Waals surface area contributed by atoms with Gasteiger partial charge in [0.2, 0.25) is 11.0 Å². The van der Waals surface area contributed by atoms with Gasteiger partial charge >= 0.3 is 6.18 Å². The minimum Gasteiger partial charge on any atom is -0.379 e. The molecule has 108 valence electrons. The Morgan fingerprint density at radius 2 is 2.05 bits per heavy atom. The summed E-state index contributed by atoms with van der Waals surface area (Å²) in [5.74, 6) is -1.08. The number of ether oxygens (including phenoxy) is 1. The molecule has 0 atom stereocenters. The van der Waals surface area contributed by atoms with Crippen LogP contribution in [0, 0.1) is 0 Å². The standard InChI is InChI=1S/C10H15F3N4OS/c11-10(12,13)8-15-9(19-16-8)14-2-1-3-17-4-6-18-7-5-17/h1-7H2,(H,14,15,16). The van der Waals surface area contributed by atoms with Gasteiger partial charge in [-0.3, -0.25) is 4.90 Å². The Morgan fingerprint density at radius 3 is 2.68 bits per heavy atom. The lowest BCUT2D eigenvalue weighted by atomic mass is 10.3. The van der Waals surface area contributed by atoms with Crippen molar-refractivity contribution in [2.45, 2.75) is 12.6 Å². The second-order valence-electron chi connectivity index (χ2n) is 4.16. The number of aromatic nitrogens is 2. The first kappa shape index (κ1) is 14.5. The van der Waals surface area contributed by atoms with Crippen molar-refractivity contribution in [2.75, 3.05) is 44.7 Å². The molecule has 9 heteroatoms. The summed E-state index contributed by atoms with van der Waals surface area (Å²) >= 11 is 0.737. The third-order valence-corrected chi connectivity index (χ3v) is 3.38. The first-order valence-electron chi connectivity index (χ1n) is 6.00. The minimum absolute atomic E-state index is 0.217. The molecule has 1 fully saturated rings. The van der Waals surface area contributed by atoms with Crippen molar-refractivity contribution in [1.82, 2.24) is 14.3 Å². The third-order valence-electron chi connectivity index (χ3n) is 2.71. The van der Waals surface area contributed by atoms with Crippen LogP contribution in [-0.4, -0.2) is 53.7 Å². The van der Waals surface area contributed by atoms with Gasteiger partial charge in [-0.1, -0.05) is 0 Å². The van der Waals surface area contributed by atoms with Gasteiger partial charge in [-0.2, -0.15) is 22.5 Å². The first-order valence-corrected chi connectivity index (χ1v) is 6.78. The maximum atomic E-state index is 12.3. The summed E-state index contributed by atoms with van der Waals surface area (Å²) in [5, 5.41) is 3.08. The number of nitrogens with one attached hydrogen (secondary N) is 1. The Bertz CT molecular complexity index is 392. The van der Waals surface area contributed by atoms with Gasteiger partial charge in [-0.25, -0.2) is 0 Å². The maximum absolute atomic E-state index is 12.3. The predicted molar refractivity (Wildman–Crippen MR) is 65.3 cm³/mol. The maximum Gasteiger partial charge on any atom is 0.452 e. The fourth-order valence-corrected chi connectivity index (χ4v) is 2.34. The van der Waals surface area contributed by atoms with Crippen LogP contribution >= 0.6 is 11.5 Å². The largest absolute Gasteiger partial charge is 0.452 e. The highest BCUT2D eigenvalue weighted by molar-refractivity contribution is 7.09. The molecule has 0 bridgehead atoms. The van der Waals surface area contributed by atoms with Gasteiger partial charge in [-0.15, -0.1) is 0 Å². The number of hydrogen-bond donors (Lipinski definition) is 1. The monoisotopic (exact) mass is 296 g/mol. The highest BCUT2D eigenvalue weighted by atomic mass is 32.1. The molecule has 2 rings (SSSR count). The molecule has 1 aliphatic heterocycles. The fourth-order valence-electron chi connectivity index (χ4n) is 1.73. The Morgan fingerprint density at radius 1 is 1.32 bits per heavy atom. The van der Waals surface area contributed by atoms with E-state index in [4.69, 9.17) is 4.74 Å². The zero-order valence-corrected chi connectivity index (χ0v) is 11.1. The number of anilines is 1. The van der Waals surface area contributed by atoms with Crippen molar-refractivity contribution >= 4 is 16.7 Å². The fraction of sp³-hybridized carbons (Fsp3) is 0.800. The van der Waals surface area contributed by atoms with E-state index in [2.05, 4.69) is 19.6 Å². The van der Waals surface area contributed by atoms with Gasteiger partial charge in [0.1, 0.15) is 0 Å². The van der Waals surface area contributed by atoms with Gasteiger partial charge < -0.3 is 10.1 Å². The number of morpholine rings is 1. The summed E-state index contributed by atoms with van der Waals surface area (Å²) in [6.45, 7) is 4.82. The molecule has 2 heterocycles. The van der Waals surface area contributed by atoms with Crippen molar-refractivity contribution < 1.29 is 17.9 Å². The quantitative estimate of drug-likeness (QED) is 0.838. The molecule has 0 aromatic carbocycles. The molecular formula is C10H15F3N4OS. The van der Waals surface area contributed by atoms with Crippen molar-refractivity contribution in [3.63, 3.8) is 0 Å². The smallest absolute Gasteiger partial charge is 0.379 e. The number of rotatable bonds is 5. The predicted octanol–water partition coefficient (Wildman–Crippen LogP) is 1.69. The van der Waals surface area contributed by atoms with E-state index < -0.39 is 12.0 Å². The average Bonchev–Trinajstić information content (AvgIpc) is 2.85. The summed E-state index contributed by atoms with van der Waals surface area (Å²) < 4.78 is 45.3. The zero-order valence-electron chi connectivity index (χ0n) is 10.2. The first-order chi connectivity index (χ1) is 9.05. The van der Waals surface area contributed by atoms with Crippen molar-refractivity contribution in [3.8, 4) is 0 Å². The normalized spacial score (nSPS) is 17.6. The van der Waals surface area contributed by atoms with Crippen LogP contribution in [0.5, 0.6) is 0 Å². The van der Waals surface area contributed by atoms with Crippen LogP contribution in [0.4, 0.5) is 18.3 Å². The summed E-state index contributed by atoms with van der Waals surface area (Å²) in [5.41, 5.74) is 0. The molecule has 5 nitrogen and oxygen atoms in total. The van der Waals surface area contributed by atoms with Crippen LogP contribution in [0.3, 0.4) is 0 Å². The third kappa shape index (κ3) is 4.59. The molecule has 0 saturated carbocycles. The second-order valence-corrected chi connectivity index (χ2v) is 4.91. The van der Waals surface area contributed by atoms with Crippen LogP contribution in [0.25, 0.3) is 0 Å². The molecule has 0 spiro atoms. The molecule has 0 unspecified atom stereocenters. The molecule has 1 saturated heterocycles. The van der Waals surface area contributed by atoms with Crippen molar-refractivity contribution in [2.24, 2.45) is 0 Å². The number of nitrogens with zero attached hydrogens (tertiary/aromatic N) is 3. The molecule has 1 N–H and O–H groups in total. The lowest BCUT2D eigenvalue weighted by molar-refractivity contribution is -0.144. The molecule has 0 aliphatic carbocycles. The summed E-state index contributed by atoms with van der Waals surface area (Å²) in [4.78, 5) is 5.67. The van der Waals surface area contributed by atoms with Crippen LogP contribution < -0.4 is 5.32 Å². The SMILES string of the molecule is FC(F)(F)c1nsc(NCCCN2CCOCC2)n1. The van der Waals surface area contributed by atoms with E-state index >= 15 is 0 Å². The number of hydrogen-bond acceptors (Lipinski definition) is 6. The van der Waals surface area contributed by atoms with E-state index in [0.717, 1.165) is 50.8 Å². The van der Waals surface area contributed by atoms with Gasteiger partial charge in [0.15, 0.2) is 0 Å². The summed E-state index contributed by atoms with van der Waals surface area (Å²) in [6.07, 6.45) is -3.62. The molecule has 1 aromatic heterocycles. The van der Waals surface area contributed by atoms with Crippen molar-refractivity contribution in [1.29, 1.82) is 0 Å².